The molecule has 1 N–H and O–H groups in total. The number of pyridine rings is 1. The molecule has 0 saturated heterocycles. The van der Waals surface area contributed by atoms with Crippen LogP contribution in [0, 0.1) is 0 Å². The molecule has 0 radical (unpaired) electrons. The minimum Gasteiger partial charge on any atom is -0.495 e. The standard InChI is InChI=1S/C14H15NO3/c1-3-5-11(16)10-8-15-13-9(14(10)17)6-4-7-12(13)18-2/h4,6-8H,3,5H2,1-2H3,(H,15,17). The van der Waals surface area contributed by atoms with Gasteiger partial charge in [0, 0.05) is 12.6 Å². The van der Waals surface area contributed by atoms with Crippen molar-refractivity contribution in [1.29, 1.82) is 0 Å². The van der Waals surface area contributed by atoms with Crippen LogP contribution in [0.5, 0.6) is 5.75 Å². The number of H-pyrrole nitrogens is 1. The summed E-state index contributed by atoms with van der Waals surface area (Å²) in [6.45, 7) is 1.91. The van der Waals surface area contributed by atoms with Gasteiger partial charge in [-0.15, -0.1) is 0 Å². The van der Waals surface area contributed by atoms with Crippen molar-refractivity contribution >= 4 is 16.7 Å². The van der Waals surface area contributed by atoms with Crippen molar-refractivity contribution in [1.82, 2.24) is 4.98 Å². The second-order valence-corrected chi connectivity index (χ2v) is 4.09. The van der Waals surface area contributed by atoms with Gasteiger partial charge in [0.1, 0.15) is 5.75 Å². The molecule has 0 spiro atoms. The molecule has 1 aromatic carbocycles. The van der Waals surface area contributed by atoms with Crippen molar-refractivity contribution in [2.24, 2.45) is 0 Å². The first-order chi connectivity index (χ1) is 8.69. The summed E-state index contributed by atoms with van der Waals surface area (Å²) in [6.07, 6.45) is 2.60. The highest BCUT2D eigenvalue weighted by molar-refractivity contribution is 5.99. The fourth-order valence-electron chi connectivity index (χ4n) is 1.96. The molecule has 0 aliphatic heterocycles. The minimum atomic E-state index is -0.235. The number of carbonyl (C=O) groups is 1. The monoisotopic (exact) mass is 245 g/mol. The van der Waals surface area contributed by atoms with Crippen molar-refractivity contribution in [3.63, 3.8) is 0 Å². The number of hydrogen-bond donors (Lipinski definition) is 1. The smallest absolute Gasteiger partial charge is 0.200 e. The lowest BCUT2D eigenvalue weighted by molar-refractivity contribution is 0.0980. The van der Waals surface area contributed by atoms with E-state index in [1.54, 1.807) is 25.3 Å². The Bertz CT molecular complexity index is 643. The zero-order valence-corrected chi connectivity index (χ0v) is 10.4. The van der Waals surface area contributed by atoms with Gasteiger partial charge in [-0.05, 0) is 18.6 Å². The van der Waals surface area contributed by atoms with Gasteiger partial charge in [0.25, 0.3) is 0 Å². The molecule has 4 nitrogen and oxygen atoms in total. The Hall–Kier alpha value is -2.10. The van der Waals surface area contributed by atoms with Gasteiger partial charge in [0.05, 0.1) is 23.6 Å². The van der Waals surface area contributed by atoms with Gasteiger partial charge in [0.15, 0.2) is 11.2 Å². The first kappa shape index (κ1) is 12.4. The maximum atomic E-state index is 12.2. The molecule has 1 aromatic heterocycles. The molecule has 0 aliphatic rings. The fraction of sp³-hybridized carbons (Fsp3) is 0.286. The molecule has 4 heteroatoms. The summed E-state index contributed by atoms with van der Waals surface area (Å²) in [6, 6.07) is 5.20. The van der Waals surface area contributed by atoms with Crippen LogP contribution in [0.4, 0.5) is 0 Å². The van der Waals surface area contributed by atoms with Gasteiger partial charge < -0.3 is 9.72 Å². The number of ether oxygens (including phenoxy) is 1. The fourth-order valence-corrected chi connectivity index (χ4v) is 1.96. The van der Waals surface area contributed by atoms with Crippen molar-refractivity contribution in [3.8, 4) is 5.75 Å². The number of Topliss-reactive ketones (excluding diaryl/α,β-unsaturated/α-hetero) is 1. The first-order valence-corrected chi connectivity index (χ1v) is 5.90. The highest BCUT2D eigenvalue weighted by atomic mass is 16.5. The number of methoxy groups -OCH3 is 1. The number of hydrogen-bond acceptors (Lipinski definition) is 3. The summed E-state index contributed by atoms with van der Waals surface area (Å²) in [7, 11) is 1.54. The SMILES string of the molecule is CCCC(=O)c1c[nH]c2c(OC)cccc2c1=O. The number of benzene rings is 1. The topological polar surface area (TPSA) is 59.2 Å². The van der Waals surface area contributed by atoms with E-state index in [-0.39, 0.29) is 16.8 Å². The highest BCUT2D eigenvalue weighted by Crippen LogP contribution is 2.21. The van der Waals surface area contributed by atoms with Crippen LogP contribution < -0.4 is 10.2 Å². The van der Waals surface area contributed by atoms with E-state index in [2.05, 4.69) is 4.98 Å². The largest absolute Gasteiger partial charge is 0.495 e. The van der Waals surface area contributed by atoms with Gasteiger partial charge >= 0.3 is 0 Å². The van der Waals surface area contributed by atoms with Gasteiger partial charge in [0.2, 0.25) is 0 Å². The summed E-state index contributed by atoms with van der Waals surface area (Å²) >= 11 is 0. The summed E-state index contributed by atoms with van der Waals surface area (Å²) in [5.74, 6) is 0.475. The molecule has 0 saturated carbocycles. The zero-order chi connectivity index (χ0) is 13.1. The molecule has 0 atom stereocenters. The lowest BCUT2D eigenvalue weighted by Gasteiger charge is -2.06. The number of ketones is 1. The Morgan fingerprint density at radius 3 is 2.83 bits per heavy atom. The Morgan fingerprint density at radius 2 is 2.17 bits per heavy atom. The van der Waals surface area contributed by atoms with Crippen LogP contribution in [0.1, 0.15) is 30.1 Å². The maximum Gasteiger partial charge on any atom is 0.200 e. The number of nitrogens with one attached hydrogen (secondary N) is 1. The number of aromatic amines is 1. The van der Waals surface area contributed by atoms with Gasteiger partial charge in [-0.2, -0.15) is 0 Å². The van der Waals surface area contributed by atoms with Gasteiger partial charge in [-0.25, -0.2) is 0 Å². The summed E-state index contributed by atoms with van der Waals surface area (Å²) in [5, 5.41) is 0.483. The van der Waals surface area contributed by atoms with E-state index in [1.807, 2.05) is 6.92 Å². The molecule has 94 valence electrons. The van der Waals surface area contributed by atoms with Gasteiger partial charge in [-0.3, -0.25) is 9.59 Å². The number of carbonyl (C=O) groups excluding carboxylic acids is 1. The predicted molar refractivity (Wildman–Crippen MR) is 70.4 cm³/mol. The number of rotatable bonds is 4. The molecule has 0 amide bonds. The normalized spacial score (nSPS) is 10.6. The Kier molecular flexibility index (Phi) is 3.46. The lowest BCUT2D eigenvalue weighted by Crippen LogP contribution is -2.15. The highest BCUT2D eigenvalue weighted by Gasteiger charge is 2.13. The average Bonchev–Trinajstić information content (AvgIpc) is 2.39. The third-order valence-corrected chi connectivity index (χ3v) is 2.87. The lowest BCUT2D eigenvalue weighted by atomic mass is 10.1. The van der Waals surface area contributed by atoms with E-state index in [0.717, 1.165) is 6.42 Å². The van der Waals surface area contributed by atoms with E-state index in [4.69, 9.17) is 4.74 Å². The minimum absolute atomic E-state index is 0.122. The van der Waals surface area contributed by atoms with Crippen molar-refractivity contribution < 1.29 is 9.53 Å². The quantitative estimate of drug-likeness (QED) is 0.842. The van der Waals surface area contributed by atoms with Crippen LogP contribution in [0.2, 0.25) is 0 Å². The van der Waals surface area contributed by atoms with E-state index < -0.39 is 0 Å². The predicted octanol–water partition coefficient (Wildman–Crippen LogP) is 2.52. The van der Waals surface area contributed by atoms with E-state index in [0.29, 0.717) is 23.1 Å². The summed E-state index contributed by atoms with van der Waals surface area (Å²) < 4.78 is 5.18. The van der Waals surface area contributed by atoms with Crippen LogP contribution in [0.15, 0.2) is 29.2 Å². The van der Waals surface area contributed by atoms with Crippen molar-refractivity contribution in [3.05, 3.63) is 40.2 Å². The van der Waals surface area contributed by atoms with Crippen LogP contribution in [-0.4, -0.2) is 17.9 Å². The molecule has 2 rings (SSSR count). The molecule has 2 aromatic rings. The molecule has 1 heterocycles. The zero-order valence-electron chi connectivity index (χ0n) is 10.4. The van der Waals surface area contributed by atoms with Crippen molar-refractivity contribution in [2.75, 3.05) is 7.11 Å². The second-order valence-electron chi connectivity index (χ2n) is 4.09. The second kappa shape index (κ2) is 5.04. The maximum absolute atomic E-state index is 12.2. The Labute approximate surface area is 105 Å². The molecule has 0 bridgehead atoms. The van der Waals surface area contributed by atoms with E-state index >= 15 is 0 Å². The molecule has 18 heavy (non-hydrogen) atoms. The Morgan fingerprint density at radius 1 is 1.39 bits per heavy atom. The van der Waals surface area contributed by atoms with Crippen LogP contribution in [0.3, 0.4) is 0 Å². The van der Waals surface area contributed by atoms with Crippen molar-refractivity contribution in [2.45, 2.75) is 19.8 Å². The van der Waals surface area contributed by atoms with Crippen LogP contribution >= 0.6 is 0 Å². The first-order valence-electron chi connectivity index (χ1n) is 5.90. The third-order valence-electron chi connectivity index (χ3n) is 2.87. The summed E-state index contributed by atoms with van der Waals surface area (Å²) in [5.41, 5.74) is 0.608. The molecule has 0 aliphatic carbocycles. The van der Waals surface area contributed by atoms with E-state index in [9.17, 15) is 9.59 Å². The molecule has 0 unspecified atom stereocenters. The van der Waals surface area contributed by atoms with Crippen LogP contribution in [0.25, 0.3) is 10.9 Å². The Balaban J connectivity index is 2.65. The average molecular weight is 245 g/mol. The van der Waals surface area contributed by atoms with Crippen LogP contribution in [-0.2, 0) is 0 Å². The number of para-hydroxylation sites is 1. The third kappa shape index (κ3) is 2.01. The number of aromatic nitrogens is 1. The van der Waals surface area contributed by atoms with Gasteiger partial charge in [-0.1, -0.05) is 13.0 Å². The number of fused-ring (bicyclic) bond motifs is 1. The molecule has 0 fully saturated rings. The molecular weight excluding hydrogens is 230 g/mol. The summed E-state index contributed by atoms with van der Waals surface area (Å²) in [4.78, 5) is 27.0. The molecular formula is C14H15NO3. The van der Waals surface area contributed by atoms with E-state index in [1.165, 1.54) is 6.20 Å².